The molecule has 1 saturated heterocycles. The molecule has 1 spiro atoms. The van der Waals surface area contributed by atoms with E-state index >= 15 is 0 Å². The van der Waals surface area contributed by atoms with Crippen molar-refractivity contribution >= 4 is 23.0 Å². The number of likely N-dealkylation sites (tertiary alicyclic amines) is 1. The zero-order valence-corrected chi connectivity index (χ0v) is 27.6. The van der Waals surface area contributed by atoms with Gasteiger partial charge in [0, 0.05) is 76.0 Å². The van der Waals surface area contributed by atoms with E-state index in [0.29, 0.717) is 25.1 Å². The van der Waals surface area contributed by atoms with Gasteiger partial charge in [-0.15, -0.1) is 17.0 Å². The summed E-state index contributed by atoms with van der Waals surface area (Å²) in [5.74, 6) is -2.94. The normalized spacial score (nSPS) is 51.5. The predicted molar refractivity (Wildman–Crippen MR) is 161 cm³/mol. The average Bonchev–Trinajstić information content (AvgIpc) is 3.39. The number of esters is 1. The summed E-state index contributed by atoms with van der Waals surface area (Å²) in [5.41, 5.74) is -4.81. The van der Waals surface area contributed by atoms with Crippen molar-refractivity contribution in [2.45, 2.75) is 73.6 Å². The largest absolute Gasteiger partial charge is 0.455 e. The molecule has 1 aromatic carbocycles. The number of methoxy groups -OCH3 is 4. The van der Waals surface area contributed by atoms with Crippen LogP contribution in [-0.2, 0) is 23.7 Å². The third-order valence-corrected chi connectivity index (χ3v) is 12.9. The summed E-state index contributed by atoms with van der Waals surface area (Å²) < 4.78 is 30.5. The lowest BCUT2D eigenvalue weighted by Crippen LogP contribution is -2.81. The van der Waals surface area contributed by atoms with Gasteiger partial charge in [-0.2, -0.15) is 0 Å². The van der Waals surface area contributed by atoms with Gasteiger partial charge in [0.2, 0.25) is 0 Å². The Kier molecular flexibility index (Phi) is 8.13. The van der Waals surface area contributed by atoms with Crippen LogP contribution in [0.2, 0.25) is 0 Å². The number of aliphatic hydroxyl groups is 4. The molecule has 4 N–H and O–H groups in total. The number of nitrogens with zero attached hydrogens (tertiary/aromatic N) is 1. The van der Waals surface area contributed by atoms with E-state index in [2.05, 4.69) is 11.8 Å². The number of carbonyl (C=O) groups is 1. The molecule has 0 amide bonds. The molecule has 0 aromatic heterocycles. The van der Waals surface area contributed by atoms with Gasteiger partial charge in [-0.25, -0.2) is 4.79 Å². The predicted octanol–water partition coefficient (Wildman–Crippen LogP) is 0.655. The first-order valence-electron chi connectivity index (χ1n) is 15.5. The number of piperidine rings is 1. The molecular weight excluding hydrogens is 638 g/mol. The van der Waals surface area contributed by atoms with Gasteiger partial charge in [0.05, 0.1) is 30.5 Å². The van der Waals surface area contributed by atoms with Crippen molar-refractivity contribution in [1.82, 2.24) is 4.90 Å². The third kappa shape index (κ3) is 3.56. The maximum atomic E-state index is 13.6. The van der Waals surface area contributed by atoms with Gasteiger partial charge in [0.1, 0.15) is 29.5 Å². The van der Waals surface area contributed by atoms with Crippen molar-refractivity contribution < 1.29 is 48.9 Å². The van der Waals surface area contributed by atoms with E-state index in [-0.39, 0.29) is 42.0 Å². The number of aliphatic hydroxyl groups excluding tert-OH is 2. The number of hydrogen-bond donors (Lipinski definition) is 4. The second-order valence-electron chi connectivity index (χ2n) is 13.9. The Morgan fingerprint density at radius 1 is 1.00 bits per heavy atom. The molecule has 11 nitrogen and oxygen atoms in total. The van der Waals surface area contributed by atoms with E-state index in [4.69, 9.17) is 23.7 Å². The van der Waals surface area contributed by atoms with E-state index in [9.17, 15) is 25.2 Å². The van der Waals surface area contributed by atoms with E-state index < -0.39 is 82.4 Å². The van der Waals surface area contributed by atoms with Crippen LogP contribution in [0.25, 0.3) is 0 Å². The summed E-state index contributed by atoms with van der Waals surface area (Å²) in [7, 11) is 6.29. The molecule has 44 heavy (non-hydrogen) atoms. The monoisotopic (exact) mass is 683 g/mol. The highest BCUT2D eigenvalue weighted by Gasteiger charge is 2.91. The molecule has 12 heteroatoms. The Balaban J connectivity index is 0.00000343. The highest BCUT2D eigenvalue weighted by molar-refractivity contribution is 8.93. The molecule has 1 aromatic rings. The lowest BCUT2D eigenvalue weighted by atomic mass is 9.42. The molecule has 0 radical (unpaired) electrons. The number of hydrogen-bond acceptors (Lipinski definition) is 11. The Morgan fingerprint density at radius 3 is 2.30 bits per heavy atom. The highest BCUT2D eigenvalue weighted by atomic mass is 79.9. The second kappa shape index (κ2) is 10.9. The first kappa shape index (κ1) is 32.7. The molecule has 6 fully saturated rings. The SMILES string of the molecule is Br.CCN1C[C@]2(COC)[C@H](O)C[C@H](OC)[C@]34C1[C@@H]([C@H](OC)[C@H]23)[C@]1(O)[C@H]2[C@@H](OC(=O)c3ccccc3)[C@](O)(C[C@H]24)[C@@H](OC)[C@@H]1O. The number of carbonyl (C=O) groups excluding carboxylic acids is 1. The van der Waals surface area contributed by atoms with Crippen LogP contribution in [0, 0.1) is 34.5 Å². The minimum atomic E-state index is -1.86. The average molecular weight is 685 g/mol. The van der Waals surface area contributed by atoms with Crippen LogP contribution in [0.5, 0.6) is 0 Å². The van der Waals surface area contributed by atoms with Crippen LogP contribution in [0.4, 0.5) is 0 Å². The summed E-state index contributed by atoms with van der Waals surface area (Å²) in [6, 6.07) is 8.25. The molecule has 7 bridgehead atoms. The molecule has 1 unspecified atom stereocenters. The number of halogens is 1. The highest BCUT2D eigenvalue weighted by Crippen LogP contribution is 2.80. The zero-order chi connectivity index (χ0) is 30.7. The second-order valence-corrected chi connectivity index (χ2v) is 13.9. The van der Waals surface area contributed by atoms with Crippen molar-refractivity contribution in [3.05, 3.63) is 35.9 Å². The smallest absolute Gasteiger partial charge is 0.338 e. The fourth-order valence-electron chi connectivity index (χ4n) is 11.9. The van der Waals surface area contributed by atoms with Crippen LogP contribution in [0.15, 0.2) is 30.3 Å². The van der Waals surface area contributed by atoms with Gasteiger partial charge in [-0.1, -0.05) is 25.1 Å². The molecule has 6 aliphatic rings. The first-order valence-corrected chi connectivity index (χ1v) is 15.5. The van der Waals surface area contributed by atoms with Gasteiger partial charge >= 0.3 is 5.97 Å². The Morgan fingerprint density at radius 2 is 1.70 bits per heavy atom. The quantitative estimate of drug-likeness (QED) is 0.287. The minimum Gasteiger partial charge on any atom is -0.455 e. The van der Waals surface area contributed by atoms with Crippen molar-refractivity contribution in [2.75, 3.05) is 48.1 Å². The van der Waals surface area contributed by atoms with Crippen LogP contribution in [0.3, 0.4) is 0 Å². The van der Waals surface area contributed by atoms with E-state index in [1.807, 2.05) is 0 Å². The van der Waals surface area contributed by atoms with Crippen LogP contribution in [0.1, 0.15) is 30.1 Å². The number of rotatable bonds is 8. The fourth-order valence-corrected chi connectivity index (χ4v) is 11.9. The van der Waals surface area contributed by atoms with E-state index in [1.165, 1.54) is 7.11 Å². The number of fused-ring (bicyclic) bond motifs is 2. The Bertz CT molecular complexity index is 1260. The number of benzene rings is 1. The van der Waals surface area contributed by atoms with Gasteiger partial charge < -0.3 is 44.1 Å². The van der Waals surface area contributed by atoms with Gasteiger partial charge in [-0.05, 0) is 31.0 Å². The van der Waals surface area contributed by atoms with Crippen molar-refractivity contribution in [2.24, 2.45) is 34.5 Å². The first-order chi connectivity index (χ1) is 20.6. The molecule has 1 heterocycles. The molecule has 7 rings (SSSR count). The zero-order valence-electron chi connectivity index (χ0n) is 25.9. The summed E-state index contributed by atoms with van der Waals surface area (Å²) in [6.45, 7) is 3.46. The van der Waals surface area contributed by atoms with Crippen LogP contribution in [-0.4, -0.2) is 133 Å². The summed E-state index contributed by atoms with van der Waals surface area (Å²) in [4.78, 5) is 15.8. The van der Waals surface area contributed by atoms with Gasteiger partial charge in [0.25, 0.3) is 0 Å². The molecule has 246 valence electrons. The van der Waals surface area contributed by atoms with Gasteiger partial charge in [0.15, 0.2) is 0 Å². The van der Waals surface area contributed by atoms with Gasteiger partial charge in [-0.3, -0.25) is 4.90 Å². The van der Waals surface area contributed by atoms with E-state index in [0.717, 1.165) is 0 Å². The standard InChI is InChI=1S/C32H45NO10.BrH/c1-6-33-14-29(15-39-2)18(34)12-19(40-3)31-17-13-30(37)26(43-28(36)16-10-8-7-9-11-16)20(17)32(38,25(35)27(30)42-5)21(24(31)33)22(41-4)23(29)31;/h7-11,17-27,34-35,37-38H,6,12-15H2,1-5H3;1H/t17-,18-,19+,20-,21-,22+,23-,24?,25+,26-,27+,29+,30-,31+,32-;/m1./s1. The Labute approximate surface area is 268 Å². The van der Waals surface area contributed by atoms with Crippen molar-refractivity contribution in [1.29, 1.82) is 0 Å². The van der Waals surface area contributed by atoms with Crippen LogP contribution >= 0.6 is 17.0 Å². The third-order valence-electron chi connectivity index (χ3n) is 12.9. The molecular formula is C32H46BrNO10. The lowest BCUT2D eigenvalue weighted by Gasteiger charge is -2.70. The maximum absolute atomic E-state index is 13.6. The topological polar surface area (TPSA) is 147 Å². The minimum absolute atomic E-state index is 0. The fraction of sp³-hybridized carbons (Fsp3) is 0.781. The maximum Gasteiger partial charge on any atom is 0.338 e. The molecule has 15 atom stereocenters. The molecule has 5 saturated carbocycles. The Hall–Kier alpha value is -1.19. The number of ether oxygens (including phenoxy) is 5. The summed E-state index contributed by atoms with van der Waals surface area (Å²) >= 11 is 0. The molecule has 5 aliphatic carbocycles. The van der Waals surface area contributed by atoms with Crippen molar-refractivity contribution in [3.63, 3.8) is 0 Å². The van der Waals surface area contributed by atoms with Crippen molar-refractivity contribution in [3.8, 4) is 0 Å². The summed E-state index contributed by atoms with van der Waals surface area (Å²) in [6.07, 6.45) is -5.27. The van der Waals surface area contributed by atoms with E-state index in [1.54, 1.807) is 51.7 Å². The van der Waals surface area contributed by atoms with Crippen LogP contribution < -0.4 is 0 Å². The summed E-state index contributed by atoms with van der Waals surface area (Å²) in [5, 5.41) is 49.7. The molecule has 1 aliphatic heterocycles. The lowest BCUT2D eigenvalue weighted by molar-refractivity contribution is -0.320.